The zero-order valence-electron chi connectivity index (χ0n) is 24.2. The van der Waals surface area contributed by atoms with Gasteiger partial charge in [0.15, 0.2) is 0 Å². The van der Waals surface area contributed by atoms with Gasteiger partial charge in [-0.3, -0.25) is 0 Å². The molecule has 0 heterocycles. The van der Waals surface area contributed by atoms with Crippen molar-refractivity contribution < 1.29 is 0 Å². The molecule has 16 aliphatic carbocycles. The molecular formula is C40H48. The normalized spacial score (nSPS) is 83.4. The van der Waals surface area contributed by atoms with E-state index in [1.165, 1.54) is 148 Å². The second-order valence-electron chi connectivity index (χ2n) is 20.6. The van der Waals surface area contributed by atoms with Gasteiger partial charge >= 0.3 is 0 Å². The van der Waals surface area contributed by atoms with Crippen LogP contribution in [0.15, 0.2) is 11.1 Å². The van der Waals surface area contributed by atoms with Crippen LogP contribution in [0.5, 0.6) is 0 Å². The van der Waals surface area contributed by atoms with Gasteiger partial charge in [0.1, 0.15) is 0 Å². The lowest BCUT2D eigenvalue weighted by Gasteiger charge is -2.61. The van der Waals surface area contributed by atoms with Crippen LogP contribution in [0.1, 0.15) is 64.2 Å². The number of rotatable bonds is 0. The zero-order chi connectivity index (χ0) is 24.4. The van der Waals surface area contributed by atoms with E-state index in [-0.39, 0.29) is 0 Å². The van der Waals surface area contributed by atoms with Gasteiger partial charge in [-0.2, -0.15) is 0 Å². The van der Waals surface area contributed by atoms with Crippen molar-refractivity contribution in [3.8, 4) is 0 Å². The average Bonchev–Trinajstić information content (AvgIpc) is 3.79. The highest BCUT2D eigenvalue weighted by Crippen LogP contribution is 2.92. The predicted molar refractivity (Wildman–Crippen MR) is 151 cm³/mol. The Morgan fingerprint density at radius 3 is 1.23 bits per heavy atom. The van der Waals surface area contributed by atoms with Crippen LogP contribution in [0.3, 0.4) is 0 Å². The smallest absolute Gasteiger partial charge is 0.0126 e. The Kier molecular flexibility index (Phi) is 2.76. The zero-order valence-corrected chi connectivity index (χ0v) is 24.2. The Morgan fingerprint density at radius 2 is 0.650 bits per heavy atom. The lowest BCUT2D eigenvalue weighted by molar-refractivity contribution is -0.147. The minimum atomic E-state index is 1.11. The molecule has 40 heavy (non-hydrogen) atoms. The molecule has 0 aromatic carbocycles. The minimum absolute atomic E-state index is 1.11. The van der Waals surface area contributed by atoms with Gasteiger partial charge in [-0.05, 0) is 230 Å². The van der Waals surface area contributed by atoms with Crippen molar-refractivity contribution in [1.29, 1.82) is 0 Å². The van der Waals surface area contributed by atoms with Crippen LogP contribution in [0.4, 0.5) is 0 Å². The first-order valence-electron chi connectivity index (χ1n) is 19.6. The van der Waals surface area contributed by atoms with E-state index in [4.69, 9.17) is 0 Å². The molecule has 16 rings (SSSR count). The molecule has 16 aliphatic rings. The van der Waals surface area contributed by atoms with E-state index >= 15 is 0 Å². The number of allylic oxidation sites excluding steroid dienone is 2. The van der Waals surface area contributed by atoms with E-state index in [2.05, 4.69) is 11.1 Å². The Hall–Kier alpha value is -0.260. The van der Waals surface area contributed by atoms with Gasteiger partial charge < -0.3 is 0 Å². The first-order valence-corrected chi connectivity index (χ1v) is 19.6. The second kappa shape index (κ2) is 5.55. The van der Waals surface area contributed by atoms with E-state index in [0.717, 1.165) is 17.8 Å². The molecule has 0 aliphatic heterocycles. The maximum atomic E-state index is 2.34. The van der Waals surface area contributed by atoms with Gasteiger partial charge in [-0.25, -0.2) is 0 Å². The Morgan fingerprint density at radius 1 is 0.275 bits per heavy atom. The third-order valence-corrected chi connectivity index (χ3v) is 22.3. The molecule has 0 heteroatoms. The summed E-state index contributed by atoms with van der Waals surface area (Å²) in [5, 5.41) is 0. The summed E-state index contributed by atoms with van der Waals surface area (Å²) >= 11 is 0. The maximum Gasteiger partial charge on any atom is -0.0126 e. The monoisotopic (exact) mass is 528 g/mol. The molecule has 0 aromatic rings. The summed E-state index contributed by atoms with van der Waals surface area (Å²) in [6.45, 7) is 0. The van der Waals surface area contributed by atoms with E-state index in [1.807, 2.05) is 0 Å². The molecular weight excluding hydrogens is 480 g/mol. The van der Waals surface area contributed by atoms with E-state index in [0.29, 0.717) is 0 Å². The van der Waals surface area contributed by atoms with Crippen molar-refractivity contribution in [3.63, 3.8) is 0 Å². The average molecular weight is 529 g/mol. The fourth-order valence-electron chi connectivity index (χ4n) is 24.0. The summed E-state index contributed by atoms with van der Waals surface area (Å²) in [7, 11) is 0. The molecule has 0 radical (unpaired) electrons. The summed E-state index contributed by atoms with van der Waals surface area (Å²) < 4.78 is 0. The molecule has 0 bridgehead atoms. The van der Waals surface area contributed by atoms with Crippen molar-refractivity contribution in [2.45, 2.75) is 64.2 Å². The molecule has 0 saturated heterocycles. The first-order chi connectivity index (χ1) is 19.9. The van der Waals surface area contributed by atoms with Crippen molar-refractivity contribution in [2.24, 2.45) is 166 Å². The van der Waals surface area contributed by atoms with Crippen LogP contribution in [-0.2, 0) is 0 Å². The van der Waals surface area contributed by atoms with E-state index in [1.54, 1.807) is 64.2 Å². The minimum Gasteiger partial charge on any atom is -0.0670 e. The van der Waals surface area contributed by atoms with Gasteiger partial charge in [0, 0.05) is 0 Å². The van der Waals surface area contributed by atoms with Crippen molar-refractivity contribution in [3.05, 3.63) is 11.1 Å². The van der Waals surface area contributed by atoms with Crippen molar-refractivity contribution in [2.75, 3.05) is 0 Å². The summed E-state index contributed by atoms with van der Waals surface area (Å²) in [6, 6.07) is 0. The van der Waals surface area contributed by atoms with E-state index in [9.17, 15) is 0 Å². The summed E-state index contributed by atoms with van der Waals surface area (Å²) in [6.07, 6.45) is 16.9. The first kappa shape index (κ1) is 19.9. The number of fused-ring (bicyclic) bond motifs is 5. The topological polar surface area (TPSA) is 0 Å². The second-order valence-corrected chi connectivity index (χ2v) is 20.6. The largest absolute Gasteiger partial charge is 0.0670 e. The maximum absolute atomic E-state index is 2.34. The molecule has 28 unspecified atom stereocenters. The molecule has 0 nitrogen and oxygen atoms in total. The number of hydrogen-bond acceptors (Lipinski definition) is 0. The van der Waals surface area contributed by atoms with Gasteiger partial charge in [0.2, 0.25) is 0 Å². The van der Waals surface area contributed by atoms with Crippen LogP contribution in [0.25, 0.3) is 0 Å². The lowest BCUT2D eigenvalue weighted by Crippen LogP contribution is -2.58. The predicted octanol–water partition coefficient (Wildman–Crippen LogP) is 7.66. The molecule has 0 spiro atoms. The third-order valence-electron chi connectivity index (χ3n) is 22.3. The van der Waals surface area contributed by atoms with Crippen molar-refractivity contribution in [1.82, 2.24) is 0 Å². The lowest BCUT2D eigenvalue weighted by atomic mass is 9.43. The highest BCUT2D eigenvalue weighted by molar-refractivity contribution is 5.45. The highest BCUT2D eigenvalue weighted by atomic mass is 14.9. The van der Waals surface area contributed by atoms with Crippen LogP contribution in [-0.4, -0.2) is 0 Å². The molecule has 208 valence electrons. The summed E-state index contributed by atoms with van der Waals surface area (Å²) in [4.78, 5) is 0. The van der Waals surface area contributed by atoms with Gasteiger partial charge in [-0.15, -0.1) is 0 Å². The summed E-state index contributed by atoms with van der Waals surface area (Å²) in [5.74, 6) is 34.2. The fourth-order valence-corrected chi connectivity index (χ4v) is 24.0. The number of hydrogen-bond donors (Lipinski definition) is 0. The van der Waals surface area contributed by atoms with Gasteiger partial charge in [0.05, 0.1) is 0 Å². The molecule has 14 fully saturated rings. The molecule has 0 N–H and O–H groups in total. The molecule has 0 amide bonds. The Bertz CT molecular complexity index is 1390. The molecule has 28 atom stereocenters. The Labute approximate surface area is 240 Å². The van der Waals surface area contributed by atoms with Crippen LogP contribution >= 0.6 is 0 Å². The molecule has 14 saturated carbocycles. The van der Waals surface area contributed by atoms with Crippen LogP contribution < -0.4 is 0 Å². The van der Waals surface area contributed by atoms with Crippen molar-refractivity contribution >= 4 is 0 Å². The SMILES string of the molecule is C1CC2C3CCC4C5CCC6C7CCC8C9CCC%10C1=C1C2C2C3C4C3C5C6C4C7C8C5C9C%10C1C1C2C3C4C15. The molecule has 0 aromatic heterocycles. The van der Waals surface area contributed by atoms with Crippen LogP contribution in [0.2, 0.25) is 0 Å². The van der Waals surface area contributed by atoms with Gasteiger partial charge in [-0.1, -0.05) is 11.1 Å². The highest BCUT2D eigenvalue weighted by Gasteiger charge is 2.87. The van der Waals surface area contributed by atoms with Gasteiger partial charge in [0.25, 0.3) is 0 Å². The Balaban J connectivity index is 1.08. The summed E-state index contributed by atoms with van der Waals surface area (Å²) in [5.41, 5.74) is 4.57. The van der Waals surface area contributed by atoms with Crippen LogP contribution in [0, 0.1) is 166 Å². The fraction of sp³-hybridized carbons (Fsp3) is 0.950. The van der Waals surface area contributed by atoms with E-state index < -0.39 is 0 Å². The quantitative estimate of drug-likeness (QED) is 0.283. The standard InChI is InChI=1S/C40H48/c1-2-12-14-5-6-16-18-9-10-20-19-8-7-17-15-4-3-13-11(1)21-22(12)32-24(14)26(16)34-29(18)30(20)35-28(19)27(17)33-25(15)23(13)31(21)36-37(32)39(34)40(35)38(33)36/h11-19,21-29,31-40H,1-10H2. The third kappa shape index (κ3) is 1.49.